The number of nitrogens with zero attached hydrogens (tertiary/aromatic N) is 2. The van der Waals surface area contributed by atoms with E-state index in [-0.39, 0.29) is 0 Å². The van der Waals surface area contributed by atoms with Crippen LogP contribution < -0.4 is 10.6 Å². The van der Waals surface area contributed by atoms with Crippen LogP contribution in [0.3, 0.4) is 0 Å². The number of rotatable bonds is 6. The van der Waals surface area contributed by atoms with Gasteiger partial charge in [-0.25, -0.2) is 9.97 Å². The van der Waals surface area contributed by atoms with E-state index in [1.807, 2.05) is 6.92 Å². The third kappa shape index (κ3) is 3.44. The van der Waals surface area contributed by atoms with Crippen molar-refractivity contribution in [1.82, 2.24) is 9.97 Å². The van der Waals surface area contributed by atoms with Gasteiger partial charge in [-0.05, 0) is 42.2 Å². The van der Waals surface area contributed by atoms with E-state index in [2.05, 4.69) is 45.2 Å². The van der Waals surface area contributed by atoms with Crippen molar-refractivity contribution in [2.45, 2.75) is 33.7 Å². The van der Waals surface area contributed by atoms with Crippen LogP contribution in [0.4, 0.5) is 11.6 Å². The van der Waals surface area contributed by atoms with Gasteiger partial charge in [0.15, 0.2) is 0 Å². The fraction of sp³-hybridized carbons (Fsp3) is 0.429. The van der Waals surface area contributed by atoms with Gasteiger partial charge in [0, 0.05) is 18.7 Å². The number of aryl methyl sites for hydroxylation is 1. The van der Waals surface area contributed by atoms with E-state index in [4.69, 9.17) is 0 Å². The Labute approximate surface area is 118 Å². The van der Waals surface area contributed by atoms with Crippen molar-refractivity contribution < 1.29 is 0 Å². The van der Waals surface area contributed by atoms with Crippen molar-refractivity contribution in [2.24, 2.45) is 0 Å². The highest BCUT2D eigenvalue weighted by atomic mass is 32.1. The Morgan fingerprint density at radius 1 is 1.11 bits per heavy atom. The Bertz CT molecular complexity index is 536. The normalized spacial score (nSPS) is 10.5. The van der Waals surface area contributed by atoms with Crippen molar-refractivity contribution in [3.8, 4) is 0 Å². The largest absolute Gasteiger partial charge is 0.370 e. The van der Waals surface area contributed by atoms with Gasteiger partial charge in [0.1, 0.15) is 18.0 Å². The molecule has 0 aliphatic carbocycles. The minimum Gasteiger partial charge on any atom is -0.370 e. The van der Waals surface area contributed by atoms with E-state index in [1.165, 1.54) is 11.1 Å². The predicted molar refractivity (Wildman–Crippen MR) is 81.9 cm³/mol. The zero-order valence-electron chi connectivity index (χ0n) is 11.7. The van der Waals surface area contributed by atoms with Crippen LogP contribution in [-0.2, 0) is 6.54 Å². The topological polar surface area (TPSA) is 49.8 Å². The quantitative estimate of drug-likeness (QED) is 0.846. The second-order valence-electron chi connectivity index (χ2n) is 4.56. The molecular formula is C14H20N4S. The van der Waals surface area contributed by atoms with E-state index < -0.39 is 0 Å². The van der Waals surface area contributed by atoms with Crippen molar-refractivity contribution in [3.63, 3.8) is 0 Å². The first-order chi connectivity index (χ1) is 9.22. The van der Waals surface area contributed by atoms with Crippen LogP contribution in [0.2, 0.25) is 0 Å². The minimum atomic E-state index is 0.806. The molecule has 0 aromatic carbocycles. The summed E-state index contributed by atoms with van der Waals surface area (Å²) in [4.78, 5) is 8.60. The highest BCUT2D eigenvalue weighted by Crippen LogP contribution is 2.20. The molecule has 0 saturated carbocycles. The summed E-state index contributed by atoms with van der Waals surface area (Å²) in [6.45, 7) is 8.05. The fourth-order valence-corrected chi connectivity index (χ4v) is 2.65. The molecule has 2 aromatic heterocycles. The van der Waals surface area contributed by atoms with E-state index >= 15 is 0 Å². The fourth-order valence-electron chi connectivity index (χ4n) is 1.80. The van der Waals surface area contributed by atoms with Crippen molar-refractivity contribution in [2.75, 3.05) is 17.2 Å². The summed E-state index contributed by atoms with van der Waals surface area (Å²) >= 11 is 1.73. The van der Waals surface area contributed by atoms with Crippen molar-refractivity contribution in [1.29, 1.82) is 0 Å². The third-order valence-corrected chi connectivity index (χ3v) is 3.94. The lowest BCUT2D eigenvalue weighted by Crippen LogP contribution is -2.09. The molecule has 19 heavy (non-hydrogen) atoms. The molecular weight excluding hydrogens is 256 g/mol. The van der Waals surface area contributed by atoms with Gasteiger partial charge >= 0.3 is 0 Å². The van der Waals surface area contributed by atoms with Gasteiger partial charge in [-0.2, -0.15) is 11.3 Å². The average Bonchev–Trinajstić information content (AvgIpc) is 2.82. The molecule has 2 N–H and O–H groups in total. The predicted octanol–water partition coefficient (Wildman–Crippen LogP) is 3.59. The standard InChI is InChI=1S/C14H20N4S/c1-4-5-15-13-11(3)14(18-9-17-13)16-6-12-8-19-7-10(12)2/h7-9H,4-6H2,1-3H3,(H2,15,16,17,18). The molecule has 0 unspecified atom stereocenters. The zero-order valence-corrected chi connectivity index (χ0v) is 12.5. The summed E-state index contributed by atoms with van der Waals surface area (Å²) in [5, 5.41) is 11.0. The molecule has 0 amide bonds. The second kappa shape index (κ2) is 6.52. The van der Waals surface area contributed by atoms with Gasteiger partial charge in [0.25, 0.3) is 0 Å². The van der Waals surface area contributed by atoms with E-state index in [9.17, 15) is 0 Å². The van der Waals surface area contributed by atoms with Gasteiger partial charge in [-0.1, -0.05) is 6.92 Å². The maximum atomic E-state index is 4.32. The number of anilines is 2. The Hall–Kier alpha value is -1.62. The maximum absolute atomic E-state index is 4.32. The first-order valence-electron chi connectivity index (χ1n) is 6.53. The molecule has 0 atom stereocenters. The van der Waals surface area contributed by atoms with Crippen LogP contribution in [0.5, 0.6) is 0 Å². The molecule has 0 bridgehead atoms. The molecule has 0 spiro atoms. The lowest BCUT2D eigenvalue weighted by molar-refractivity contribution is 0.957. The van der Waals surface area contributed by atoms with Gasteiger partial charge < -0.3 is 10.6 Å². The summed E-state index contributed by atoms with van der Waals surface area (Å²) in [5.74, 6) is 1.82. The Morgan fingerprint density at radius 2 is 1.84 bits per heavy atom. The van der Waals surface area contributed by atoms with Gasteiger partial charge in [-0.15, -0.1) is 0 Å². The lowest BCUT2D eigenvalue weighted by Gasteiger charge is -2.12. The van der Waals surface area contributed by atoms with Crippen LogP contribution in [0.15, 0.2) is 17.1 Å². The van der Waals surface area contributed by atoms with Crippen LogP contribution in [0, 0.1) is 13.8 Å². The molecule has 0 saturated heterocycles. The third-order valence-electron chi connectivity index (χ3n) is 3.03. The molecule has 0 fully saturated rings. The highest BCUT2D eigenvalue weighted by Gasteiger charge is 2.07. The molecule has 0 radical (unpaired) electrons. The van der Waals surface area contributed by atoms with E-state index in [0.717, 1.165) is 36.7 Å². The number of hydrogen-bond donors (Lipinski definition) is 2. The second-order valence-corrected chi connectivity index (χ2v) is 5.30. The average molecular weight is 276 g/mol. The Balaban J connectivity index is 2.06. The monoisotopic (exact) mass is 276 g/mol. The number of hydrogen-bond acceptors (Lipinski definition) is 5. The molecule has 0 aliphatic heterocycles. The van der Waals surface area contributed by atoms with Gasteiger partial charge in [0.05, 0.1) is 0 Å². The van der Waals surface area contributed by atoms with Crippen LogP contribution in [-0.4, -0.2) is 16.5 Å². The Morgan fingerprint density at radius 3 is 2.47 bits per heavy atom. The lowest BCUT2D eigenvalue weighted by atomic mass is 10.2. The number of aromatic nitrogens is 2. The summed E-state index contributed by atoms with van der Waals surface area (Å²) in [6.07, 6.45) is 2.69. The van der Waals surface area contributed by atoms with Crippen LogP contribution in [0.25, 0.3) is 0 Å². The Kier molecular flexibility index (Phi) is 4.74. The van der Waals surface area contributed by atoms with Crippen molar-refractivity contribution in [3.05, 3.63) is 33.8 Å². The molecule has 102 valence electrons. The van der Waals surface area contributed by atoms with Gasteiger partial charge in [-0.3, -0.25) is 0 Å². The summed E-state index contributed by atoms with van der Waals surface area (Å²) in [5.41, 5.74) is 3.73. The minimum absolute atomic E-state index is 0.806. The zero-order chi connectivity index (χ0) is 13.7. The molecule has 2 aromatic rings. The summed E-state index contributed by atoms with van der Waals surface area (Å²) in [6, 6.07) is 0. The molecule has 5 heteroatoms. The molecule has 4 nitrogen and oxygen atoms in total. The van der Waals surface area contributed by atoms with Gasteiger partial charge in [0.2, 0.25) is 0 Å². The van der Waals surface area contributed by atoms with E-state index in [1.54, 1.807) is 17.7 Å². The molecule has 2 heterocycles. The summed E-state index contributed by atoms with van der Waals surface area (Å²) < 4.78 is 0. The van der Waals surface area contributed by atoms with Crippen LogP contribution >= 0.6 is 11.3 Å². The molecule has 2 rings (SSSR count). The number of nitrogens with one attached hydrogen (secondary N) is 2. The maximum Gasteiger partial charge on any atom is 0.134 e. The first kappa shape index (κ1) is 13.8. The summed E-state index contributed by atoms with van der Waals surface area (Å²) in [7, 11) is 0. The molecule has 0 aliphatic rings. The number of thiophene rings is 1. The van der Waals surface area contributed by atoms with Crippen LogP contribution in [0.1, 0.15) is 30.0 Å². The smallest absolute Gasteiger partial charge is 0.134 e. The SMILES string of the molecule is CCCNc1ncnc(NCc2cscc2C)c1C. The highest BCUT2D eigenvalue weighted by molar-refractivity contribution is 7.08. The van der Waals surface area contributed by atoms with E-state index in [0.29, 0.717) is 0 Å². The first-order valence-corrected chi connectivity index (χ1v) is 7.47. The van der Waals surface area contributed by atoms with Crippen molar-refractivity contribution >= 4 is 23.0 Å².